The molecule has 6 heteroatoms. The fraction of sp³-hybridized carbons (Fsp3) is 0.240. The van der Waals surface area contributed by atoms with Crippen molar-refractivity contribution in [2.24, 2.45) is 0 Å². The average molecular weight is 420 g/mol. The van der Waals surface area contributed by atoms with Crippen molar-refractivity contribution in [1.82, 2.24) is 0 Å². The smallest absolute Gasteiger partial charge is 0.197 e. The Bertz CT molecular complexity index is 1290. The summed E-state index contributed by atoms with van der Waals surface area (Å²) in [6.45, 7) is 6.06. The summed E-state index contributed by atoms with van der Waals surface area (Å²) in [6, 6.07) is 6.80. The molecule has 160 valence electrons. The summed E-state index contributed by atoms with van der Waals surface area (Å²) in [4.78, 5) is 12.8. The zero-order valence-electron chi connectivity index (χ0n) is 17.6. The molecule has 0 radical (unpaired) electrons. The van der Waals surface area contributed by atoms with Crippen LogP contribution < -0.4 is 10.2 Å². The van der Waals surface area contributed by atoms with Crippen molar-refractivity contribution in [2.75, 3.05) is 0 Å². The van der Waals surface area contributed by atoms with Crippen LogP contribution in [0.15, 0.2) is 57.3 Å². The third-order valence-electron chi connectivity index (χ3n) is 5.38. The third-order valence-corrected chi connectivity index (χ3v) is 5.38. The number of ether oxygens (including phenoxy) is 1. The van der Waals surface area contributed by atoms with Gasteiger partial charge >= 0.3 is 0 Å². The minimum Gasteiger partial charge on any atom is -0.508 e. The summed E-state index contributed by atoms with van der Waals surface area (Å²) in [6.07, 6.45) is 7.40. The number of benzene rings is 2. The van der Waals surface area contributed by atoms with E-state index < -0.39 is 11.0 Å². The normalized spacial score (nSPS) is 17.3. The fourth-order valence-electron chi connectivity index (χ4n) is 3.73. The molecular weight excluding hydrogens is 396 g/mol. The Morgan fingerprint density at radius 3 is 2.61 bits per heavy atom. The molecule has 1 aliphatic heterocycles. The summed E-state index contributed by atoms with van der Waals surface area (Å²) < 4.78 is 12.1. The predicted octanol–water partition coefficient (Wildman–Crippen LogP) is 5.49. The number of rotatable bonds is 4. The standard InChI is InChI=1S/C25H24O6/c1-14(2)5-4-9-25(3)10-8-17-21(31-25)13-22-23(24(17)29)19(28)12-20(30-22)16-7-6-15(26)11-18(16)27/h5-8,10-13,26-27,29H,4,9H2,1-3H3/t25-/m1/s1. The van der Waals surface area contributed by atoms with Gasteiger partial charge in [0.25, 0.3) is 0 Å². The van der Waals surface area contributed by atoms with Crippen molar-refractivity contribution >= 4 is 17.0 Å². The Morgan fingerprint density at radius 1 is 1.13 bits per heavy atom. The van der Waals surface area contributed by atoms with Crippen molar-refractivity contribution in [1.29, 1.82) is 0 Å². The first-order valence-electron chi connectivity index (χ1n) is 10.0. The van der Waals surface area contributed by atoms with Gasteiger partial charge in [-0.15, -0.1) is 0 Å². The lowest BCUT2D eigenvalue weighted by atomic mass is 9.93. The Morgan fingerprint density at radius 2 is 1.90 bits per heavy atom. The van der Waals surface area contributed by atoms with E-state index in [1.54, 1.807) is 12.1 Å². The molecule has 0 amide bonds. The number of hydrogen-bond acceptors (Lipinski definition) is 6. The van der Waals surface area contributed by atoms with Crippen molar-refractivity contribution in [3.8, 4) is 34.3 Å². The number of aromatic hydroxyl groups is 3. The largest absolute Gasteiger partial charge is 0.508 e. The SMILES string of the molecule is CC(C)=CCC[C@]1(C)C=Cc2c(cc3oc(-c4ccc(O)cc4O)cc(=O)c3c2O)O1. The van der Waals surface area contributed by atoms with Crippen LogP contribution in [0.4, 0.5) is 0 Å². The van der Waals surface area contributed by atoms with Crippen molar-refractivity contribution in [2.45, 2.75) is 39.2 Å². The van der Waals surface area contributed by atoms with E-state index in [0.29, 0.717) is 11.3 Å². The highest BCUT2D eigenvalue weighted by molar-refractivity contribution is 5.91. The van der Waals surface area contributed by atoms with E-state index in [4.69, 9.17) is 9.15 Å². The Balaban J connectivity index is 1.80. The Kier molecular flexibility index (Phi) is 5.01. The minimum atomic E-state index is -0.563. The van der Waals surface area contributed by atoms with Crippen molar-refractivity contribution < 1.29 is 24.5 Å². The number of phenolic OH excluding ortho intramolecular Hbond substituents is 3. The highest BCUT2D eigenvalue weighted by Gasteiger charge is 2.30. The van der Waals surface area contributed by atoms with Crippen LogP contribution in [-0.2, 0) is 0 Å². The van der Waals surface area contributed by atoms with Crippen LogP contribution in [0.1, 0.15) is 39.2 Å². The Hall–Kier alpha value is -3.67. The van der Waals surface area contributed by atoms with E-state index in [0.717, 1.165) is 18.9 Å². The topological polar surface area (TPSA) is 100 Å². The van der Waals surface area contributed by atoms with E-state index >= 15 is 0 Å². The van der Waals surface area contributed by atoms with Gasteiger partial charge in [-0.3, -0.25) is 4.79 Å². The molecule has 1 aromatic heterocycles. The van der Waals surface area contributed by atoms with E-state index in [1.165, 1.54) is 23.8 Å². The van der Waals surface area contributed by atoms with E-state index in [9.17, 15) is 20.1 Å². The molecule has 3 aromatic rings. The quantitative estimate of drug-likeness (QED) is 0.483. The maximum atomic E-state index is 12.8. The van der Waals surface area contributed by atoms with E-state index in [2.05, 4.69) is 6.08 Å². The van der Waals surface area contributed by atoms with Crippen LogP contribution in [0.25, 0.3) is 28.4 Å². The van der Waals surface area contributed by atoms with Gasteiger partial charge in [0.1, 0.15) is 45.3 Å². The molecule has 0 bridgehead atoms. The summed E-state index contributed by atoms with van der Waals surface area (Å²) in [5, 5.41) is 30.5. The molecule has 1 aliphatic rings. The second kappa shape index (κ2) is 7.54. The van der Waals surface area contributed by atoms with Crippen LogP contribution >= 0.6 is 0 Å². The van der Waals surface area contributed by atoms with Gasteiger partial charge in [-0.2, -0.15) is 0 Å². The van der Waals surface area contributed by atoms with Gasteiger partial charge in [-0.05, 0) is 57.9 Å². The molecule has 0 saturated heterocycles. The highest BCUT2D eigenvalue weighted by Crippen LogP contribution is 2.43. The summed E-state index contributed by atoms with van der Waals surface area (Å²) in [5.74, 6) is -0.000765. The molecule has 1 atom stereocenters. The van der Waals surface area contributed by atoms with Crippen LogP contribution in [0.3, 0.4) is 0 Å². The van der Waals surface area contributed by atoms with Gasteiger partial charge in [0.15, 0.2) is 5.43 Å². The first kappa shape index (κ1) is 20.6. The second-order valence-corrected chi connectivity index (χ2v) is 8.25. The molecule has 2 aromatic carbocycles. The summed E-state index contributed by atoms with van der Waals surface area (Å²) in [7, 11) is 0. The first-order chi connectivity index (χ1) is 14.7. The highest BCUT2D eigenvalue weighted by atomic mass is 16.5. The number of phenols is 3. The summed E-state index contributed by atoms with van der Waals surface area (Å²) in [5.41, 5.74) is 1.05. The number of hydrogen-bond donors (Lipinski definition) is 3. The van der Waals surface area contributed by atoms with Crippen LogP contribution in [0.5, 0.6) is 23.0 Å². The van der Waals surface area contributed by atoms with Gasteiger partial charge < -0.3 is 24.5 Å². The lowest BCUT2D eigenvalue weighted by Crippen LogP contribution is -2.31. The Labute approximate surface area is 179 Å². The van der Waals surface area contributed by atoms with Crippen LogP contribution in [-0.4, -0.2) is 20.9 Å². The molecule has 4 rings (SSSR count). The maximum Gasteiger partial charge on any atom is 0.197 e. The zero-order valence-corrected chi connectivity index (χ0v) is 17.6. The van der Waals surface area contributed by atoms with E-state index in [-0.39, 0.29) is 39.5 Å². The number of fused-ring (bicyclic) bond motifs is 2. The molecule has 2 heterocycles. The molecule has 0 spiro atoms. The van der Waals surface area contributed by atoms with Gasteiger partial charge in [0.2, 0.25) is 0 Å². The van der Waals surface area contributed by atoms with Crippen molar-refractivity contribution in [3.05, 3.63) is 63.8 Å². The van der Waals surface area contributed by atoms with E-state index in [1.807, 2.05) is 26.8 Å². The van der Waals surface area contributed by atoms with Crippen LogP contribution in [0, 0.1) is 0 Å². The molecular formula is C25H24O6. The van der Waals surface area contributed by atoms with Gasteiger partial charge in [-0.1, -0.05) is 11.6 Å². The summed E-state index contributed by atoms with van der Waals surface area (Å²) >= 11 is 0. The minimum absolute atomic E-state index is 0.0437. The molecule has 0 unspecified atom stereocenters. The first-order valence-corrected chi connectivity index (χ1v) is 10.0. The van der Waals surface area contributed by atoms with Crippen molar-refractivity contribution in [3.63, 3.8) is 0 Å². The molecule has 0 fully saturated rings. The third kappa shape index (κ3) is 3.89. The lowest BCUT2D eigenvalue weighted by Gasteiger charge is -2.31. The van der Waals surface area contributed by atoms with Gasteiger partial charge in [-0.25, -0.2) is 0 Å². The average Bonchev–Trinajstić information content (AvgIpc) is 2.66. The molecule has 3 N–H and O–H groups in total. The molecule has 6 nitrogen and oxygen atoms in total. The van der Waals surface area contributed by atoms with Crippen LogP contribution in [0.2, 0.25) is 0 Å². The molecule has 0 aliphatic carbocycles. The molecule has 0 saturated carbocycles. The monoisotopic (exact) mass is 420 g/mol. The fourth-order valence-corrected chi connectivity index (χ4v) is 3.73. The maximum absolute atomic E-state index is 12.8. The second-order valence-electron chi connectivity index (χ2n) is 8.25. The van der Waals surface area contributed by atoms with Gasteiger partial charge in [0, 0.05) is 18.2 Å². The predicted molar refractivity (Wildman–Crippen MR) is 120 cm³/mol. The van der Waals surface area contributed by atoms with Gasteiger partial charge in [0.05, 0.1) is 11.1 Å². The zero-order chi connectivity index (χ0) is 22.3. The lowest BCUT2D eigenvalue weighted by molar-refractivity contribution is 0.128. The molecule has 31 heavy (non-hydrogen) atoms. The number of allylic oxidation sites excluding steroid dienone is 2.